The molecule has 0 N–H and O–H groups in total. The van der Waals surface area contributed by atoms with Crippen molar-refractivity contribution in [3.63, 3.8) is 0 Å². The fraction of sp³-hybridized carbons (Fsp3) is 0.300. The van der Waals surface area contributed by atoms with E-state index in [4.69, 9.17) is 0 Å². The van der Waals surface area contributed by atoms with Crippen LogP contribution < -0.4 is 4.90 Å². The standard InChI is InChI=1S/C20H24N2/c1-21(2)20-10-8-18(9-11-20)19-12-14-22(15-13-19)16-17-6-4-3-5-7-17/h3-12H,13-16H2,1-2H3. The van der Waals surface area contributed by atoms with Crippen LogP contribution in [0.2, 0.25) is 0 Å². The maximum absolute atomic E-state index is 2.51. The van der Waals surface area contributed by atoms with Gasteiger partial charge in [0.2, 0.25) is 0 Å². The third-order valence-electron chi connectivity index (χ3n) is 4.30. The van der Waals surface area contributed by atoms with Crippen LogP contribution in [0.3, 0.4) is 0 Å². The predicted molar refractivity (Wildman–Crippen MR) is 95.1 cm³/mol. The highest BCUT2D eigenvalue weighted by Crippen LogP contribution is 2.25. The van der Waals surface area contributed by atoms with E-state index in [1.54, 1.807) is 0 Å². The van der Waals surface area contributed by atoms with E-state index in [1.165, 1.54) is 22.4 Å². The Hall–Kier alpha value is -2.06. The van der Waals surface area contributed by atoms with Crippen molar-refractivity contribution in [2.24, 2.45) is 0 Å². The first-order valence-corrected chi connectivity index (χ1v) is 7.95. The third kappa shape index (κ3) is 3.58. The van der Waals surface area contributed by atoms with Gasteiger partial charge in [0.1, 0.15) is 0 Å². The summed E-state index contributed by atoms with van der Waals surface area (Å²) in [6, 6.07) is 19.6. The summed E-state index contributed by atoms with van der Waals surface area (Å²) in [5.74, 6) is 0. The van der Waals surface area contributed by atoms with Gasteiger partial charge in [-0.15, -0.1) is 0 Å². The maximum Gasteiger partial charge on any atom is 0.0361 e. The summed E-state index contributed by atoms with van der Waals surface area (Å²) in [6.07, 6.45) is 3.52. The molecule has 0 radical (unpaired) electrons. The largest absolute Gasteiger partial charge is 0.378 e. The summed E-state index contributed by atoms with van der Waals surface area (Å²) in [5.41, 5.74) is 5.50. The molecule has 0 unspecified atom stereocenters. The molecule has 0 aromatic heterocycles. The Morgan fingerprint density at radius 1 is 0.955 bits per heavy atom. The van der Waals surface area contributed by atoms with Gasteiger partial charge in [0.15, 0.2) is 0 Å². The topological polar surface area (TPSA) is 6.48 Å². The molecule has 2 aromatic rings. The smallest absolute Gasteiger partial charge is 0.0361 e. The number of hydrogen-bond donors (Lipinski definition) is 0. The lowest BCUT2D eigenvalue weighted by atomic mass is 9.99. The molecule has 0 fully saturated rings. The van der Waals surface area contributed by atoms with Crippen LogP contribution >= 0.6 is 0 Å². The molecular weight excluding hydrogens is 268 g/mol. The quantitative estimate of drug-likeness (QED) is 0.839. The molecule has 0 saturated carbocycles. The molecule has 1 aliphatic rings. The maximum atomic E-state index is 2.51. The summed E-state index contributed by atoms with van der Waals surface area (Å²) in [5, 5.41) is 0. The summed E-state index contributed by atoms with van der Waals surface area (Å²) in [7, 11) is 4.16. The van der Waals surface area contributed by atoms with Gasteiger partial charge in [-0.3, -0.25) is 4.90 Å². The summed E-state index contributed by atoms with van der Waals surface area (Å²) in [4.78, 5) is 4.65. The Balaban J connectivity index is 1.63. The molecule has 3 rings (SSSR count). The lowest BCUT2D eigenvalue weighted by molar-refractivity contribution is 0.294. The fourth-order valence-corrected chi connectivity index (χ4v) is 2.93. The first-order chi connectivity index (χ1) is 10.7. The van der Waals surface area contributed by atoms with Gasteiger partial charge in [-0.2, -0.15) is 0 Å². The van der Waals surface area contributed by atoms with Crippen LogP contribution in [0.15, 0.2) is 60.7 Å². The van der Waals surface area contributed by atoms with E-state index < -0.39 is 0 Å². The highest BCUT2D eigenvalue weighted by atomic mass is 15.1. The van der Waals surface area contributed by atoms with Gasteiger partial charge in [0, 0.05) is 39.4 Å². The fourth-order valence-electron chi connectivity index (χ4n) is 2.93. The van der Waals surface area contributed by atoms with E-state index in [0.29, 0.717) is 0 Å². The molecule has 22 heavy (non-hydrogen) atoms. The normalized spacial score (nSPS) is 15.5. The average Bonchev–Trinajstić information content (AvgIpc) is 2.57. The van der Waals surface area contributed by atoms with Gasteiger partial charge in [-0.25, -0.2) is 0 Å². The lowest BCUT2D eigenvalue weighted by Gasteiger charge is -2.26. The summed E-state index contributed by atoms with van der Waals surface area (Å²) >= 11 is 0. The molecule has 114 valence electrons. The minimum absolute atomic E-state index is 1.04. The molecule has 1 aliphatic heterocycles. The molecule has 2 nitrogen and oxygen atoms in total. The van der Waals surface area contributed by atoms with E-state index in [-0.39, 0.29) is 0 Å². The van der Waals surface area contributed by atoms with E-state index in [9.17, 15) is 0 Å². The Morgan fingerprint density at radius 2 is 1.68 bits per heavy atom. The summed E-state index contributed by atoms with van der Waals surface area (Å²) in [6.45, 7) is 3.22. The minimum atomic E-state index is 1.04. The number of benzene rings is 2. The van der Waals surface area contributed by atoms with Crippen molar-refractivity contribution >= 4 is 11.3 Å². The minimum Gasteiger partial charge on any atom is -0.378 e. The van der Waals surface area contributed by atoms with Gasteiger partial charge in [0.25, 0.3) is 0 Å². The van der Waals surface area contributed by atoms with Crippen LogP contribution in [0.1, 0.15) is 17.5 Å². The van der Waals surface area contributed by atoms with Crippen molar-refractivity contribution in [3.05, 3.63) is 71.8 Å². The zero-order valence-corrected chi connectivity index (χ0v) is 13.5. The lowest BCUT2D eigenvalue weighted by Crippen LogP contribution is -2.27. The van der Waals surface area contributed by atoms with Crippen molar-refractivity contribution in [2.45, 2.75) is 13.0 Å². The van der Waals surface area contributed by atoms with Gasteiger partial charge in [0.05, 0.1) is 0 Å². The van der Waals surface area contributed by atoms with E-state index in [2.05, 4.69) is 84.6 Å². The van der Waals surface area contributed by atoms with Gasteiger partial charge < -0.3 is 4.90 Å². The van der Waals surface area contributed by atoms with Crippen molar-refractivity contribution in [1.29, 1.82) is 0 Å². The molecule has 0 spiro atoms. The van der Waals surface area contributed by atoms with Gasteiger partial charge in [-0.1, -0.05) is 48.5 Å². The van der Waals surface area contributed by atoms with Crippen LogP contribution in [0.25, 0.3) is 5.57 Å². The van der Waals surface area contributed by atoms with Crippen LogP contribution in [-0.2, 0) is 6.54 Å². The van der Waals surface area contributed by atoms with E-state index in [1.807, 2.05) is 0 Å². The monoisotopic (exact) mass is 292 g/mol. The number of hydrogen-bond acceptors (Lipinski definition) is 2. The second-order valence-electron chi connectivity index (χ2n) is 6.14. The molecule has 0 saturated heterocycles. The van der Waals surface area contributed by atoms with Gasteiger partial charge in [-0.05, 0) is 35.3 Å². The number of rotatable bonds is 4. The molecular formula is C20H24N2. The van der Waals surface area contributed by atoms with Gasteiger partial charge >= 0.3 is 0 Å². The van der Waals surface area contributed by atoms with E-state index >= 15 is 0 Å². The van der Waals surface area contributed by atoms with Crippen molar-refractivity contribution in [2.75, 3.05) is 32.1 Å². The molecule has 2 aromatic carbocycles. The van der Waals surface area contributed by atoms with Crippen LogP contribution in [0, 0.1) is 0 Å². The molecule has 0 atom stereocenters. The molecule has 0 aliphatic carbocycles. The third-order valence-corrected chi connectivity index (χ3v) is 4.30. The molecule has 0 amide bonds. The Morgan fingerprint density at radius 3 is 2.27 bits per heavy atom. The molecule has 1 heterocycles. The Bertz CT molecular complexity index is 627. The van der Waals surface area contributed by atoms with Crippen LogP contribution in [0.4, 0.5) is 5.69 Å². The van der Waals surface area contributed by atoms with Crippen molar-refractivity contribution in [3.8, 4) is 0 Å². The average molecular weight is 292 g/mol. The summed E-state index contributed by atoms with van der Waals surface area (Å²) < 4.78 is 0. The van der Waals surface area contributed by atoms with Crippen molar-refractivity contribution in [1.82, 2.24) is 4.90 Å². The van der Waals surface area contributed by atoms with Crippen molar-refractivity contribution < 1.29 is 0 Å². The Kier molecular flexibility index (Phi) is 4.59. The zero-order chi connectivity index (χ0) is 15.4. The second kappa shape index (κ2) is 6.80. The molecule has 0 bridgehead atoms. The second-order valence-corrected chi connectivity index (χ2v) is 6.14. The van der Waals surface area contributed by atoms with E-state index in [0.717, 1.165) is 26.1 Å². The van der Waals surface area contributed by atoms with Crippen LogP contribution in [0.5, 0.6) is 0 Å². The highest BCUT2D eigenvalue weighted by molar-refractivity contribution is 5.68. The Labute approximate surface area is 133 Å². The molecule has 2 heteroatoms. The SMILES string of the molecule is CN(C)c1ccc(C2=CCN(Cc3ccccc3)CC2)cc1. The first kappa shape index (κ1) is 14.9. The number of anilines is 1. The predicted octanol–water partition coefficient (Wildman–Crippen LogP) is 4.04. The van der Waals surface area contributed by atoms with Crippen LogP contribution in [-0.4, -0.2) is 32.1 Å². The zero-order valence-electron chi connectivity index (χ0n) is 13.5. The highest BCUT2D eigenvalue weighted by Gasteiger charge is 2.13. The number of nitrogens with zero attached hydrogens (tertiary/aromatic N) is 2. The first-order valence-electron chi connectivity index (χ1n) is 7.95.